The number of carbonyl (C=O) groups excluding carboxylic acids is 1. The summed E-state index contributed by atoms with van der Waals surface area (Å²) >= 11 is 5.04. The molecule has 2 N–H and O–H groups in total. The zero-order valence-corrected chi connectivity index (χ0v) is 13.4. The van der Waals surface area contributed by atoms with Gasteiger partial charge in [-0.3, -0.25) is 0 Å². The molecule has 1 fully saturated rings. The van der Waals surface area contributed by atoms with Crippen LogP contribution >= 0.6 is 12.2 Å². The quantitative estimate of drug-likeness (QED) is 0.684. The lowest BCUT2D eigenvalue weighted by molar-refractivity contribution is -0.145. The minimum atomic E-state index is -0.186. The Balaban J connectivity index is 2.27. The summed E-state index contributed by atoms with van der Waals surface area (Å²) in [5.41, 5.74) is 8.66. The van der Waals surface area contributed by atoms with Crippen LogP contribution < -0.4 is 10.6 Å². The first-order valence-corrected chi connectivity index (χ1v) is 7.79. The van der Waals surface area contributed by atoms with Gasteiger partial charge in [0.05, 0.1) is 6.61 Å². The maximum atomic E-state index is 12.1. The van der Waals surface area contributed by atoms with Crippen molar-refractivity contribution in [1.29, 1.82) is 0 Å². The fourth-order valence-electron chi connectivity index (χ4n) is 2.83. The van der Waals surface area contributed by atoms with Gasteiger partial charge in [0.25, 0.3) is 0 Å². The lowest BCUT2D eigenvalue weighted by Crippen LogP contribution is -2.45. The number of hydrogen-bond donors (Lipinski definition) is 1. The van der Waals surface area contributed by atoms with Gasteiger partial charge >= 0.3 is 5.97 Å². The first-order chi connectivity index (χ1) is 10.0. The highest BCUT2D eigenvalue weighted by molar-refractivity contribution is 7.80. The molecular formula is C16H22N2O2S. The summed E-state index contributed by atoms with van der Waals surface area (Å²) in [4.78, 5) is 14.7. The Morgan fingerprint density at radius 2 is 2.24 bits per heavy atom. The van der Waals surface area contributed by atoms with Crippen LogP contribution in [0.15, 0.2) is 18.2 Å². The minimum Gasteiger partial charge on any atom is -0.464 e. The third-order valence-electron chi connectivity index (χ3n) is 3.87. The van der Waals surface area contributed by atoms with Crippen LogP contribution in [0.2, 0.25) is 0 Å². The highest BCUT2D eigenvalue weighted by atomic mass is 32.1. The number of benzene rings is 1. The van der Waals surface area contributed by atoms with E-state index in [0.717, 1.165) is 42.6 Å². The van der Waals surface area contributed by atoms with Crippen LogP contribution in [0, 0.1) is 6.92 Å². The third-order valence-corrected chi connectivity index (χ3v) is 4.09. The molecule has 5 heteroatoms. The second-order valence-corrected chi connectivity index (χ2v) is 5.76. The number of carbonyl (C=O) groups is 1. The molecule has 2 rings (SSSR count). The van der Waals surface area contributed by atoms with Crippen LogP contribution in [0.25, 0.3) is 0 Å². The molecule has 0 bridgehead atoms. The average molecular weight is 306 g/mol. The van der Waals surface area contributed by atoms with Gasteiger partial charge in [-0.2, -0.15) is 0 Å². The van der Waals surface area contributed by atoms with Gasteiger partial charge < -0.3 is 15.4 Å². The monoisotopic (exact) mass is 306 g/mol. The predicted molar refractivity (Wildman–Crippen MR) is 88.7 cm³/mol. The number of aryl methyl sites for hydroxylation is 1. The van der Waals surface area contributed by atoms with Gasteiger partial charge in [0.15, 0.2) is 0 Å². The Morgan fingerprint density at radius 3 is 2.86 bits per heavy atom. The van der Waals surface area contributed by atoms with Crippen LogP contribution in [0.5, 0.6) is 0 Å². The molecule has 114 valence electrons. The van der Waals surface area contributed by atoms with Gasteiger partial charge in [-0.15, -0.1) is 0 Å². The molecule has 1 unspecified atom stereocenters. The molecule has 0 saturated carbocycles. The first-order valence-electron chi connectivity index (χ1n) is 7.38. The second-order valence-electron chi connectivity index (χ2n) is 5.32. The fraction of sp³-hybridized carbons (Fsp3) is 0.500. The number of rotatable bonds is 4. The Bertz CT molecular complexity index is 545. The molecule has 1 aromatic rings. The summed E-state index contributed by atoms with van der Waals surface area (Å²) in [6.45, 7) is 5.12. The van der Waals surface area contributed by atoms with E-state index in [4.69, 9.17) is 22.7 Å². The van der Waals surface area contributed by atoms with Crippen molar-refractivity contribution >= 4 is 28.9 Å². The topological polar surface area (TPSA) is 55.6 Å². The van der Waals surface area contributed by atoms with Gasteiger partial charge in [0.1, 0.15) is 11.0 Å². The molecule has 0 aromatic heterocycles. The van der Waals surface area contributed by atoms with Crippen LogP contribution in [0.3, 0.4) is 0 Å². The van der Waals surface area contributed by atoms with Crippen molar-refractivity contribution in [2.24, 2.45) is 5.73 Å². The lowest BCUT2D eigenvalue weighted by Gasteiger charge is -2.36. The van der Waals surface area contributed by atoms with Gasteiger partial charge in [-0.1, -0.05) is 12.2 Å². The summed E-state index contributed by atoms with van der Waals surface area (Å²) in [5.74, 6) is -0.131. The number of piperidine rings is 1. The maximum absolute atomic E-state index is 12.1. The zero-order valence-electron chi connectivity index (χ0n) is 12.6. The van der Waals surface area contributed by atoms with Crippen molar-refractivity contribution in [1.82, 2.24) is 0 Å². The largest absolute Gasteiger partial charge is 0.464 e. The molecule has 0 radical (unpaired) electrons. The van der Waals surface area contributed by atoms with E-state index in [1.54, 1.807) is 0 Å². The Labute approximate surface area is 131 Å². The molecule has 1 aliphatic rings. The smallest absolute Gasteiger partial charge is 0.328 e. The van der Waals surface area contributed by atoms with E-state index in [9.17, 15) is 4.79 Å². The number of anilines is 1. The molecule has 0 spiro atoms. The summed E-state index contributed by atoms with van der Waals surface area (Å²) in [6, 6.07) is 5.78. The predicted octanol–water partition coefficient (Wildman–Crippen LogP) is 2.55. The van der Waals surface area contributed by atoms with Gasteiger partial charge in [-0.25, -0.2) is 4.79 Å². The highest BCUT2D eigenvalue weighted by Gasteiger charge is 2.30. The molecule has 0 amide bonds. The Kier molecular flexibility index (Phi) is 5.17. The summed E-state index contributed by atoms with van der Waals surface area (Å²) in [6.07, 6.45) is 2.99. The lowest BCUT2D eigenvalue weighted by atomic mass is 9.99. The molecule has 1 aliphatic heterocycles. The maximum Gasteiger partial charge on any atom is 0.328 e. The Hall–Kier alpha value is -1.62. The van der Waals surface area contributed by atoms with E-state index >= 15 is 0 Å². The molecule has 1 aromatic carbocycles. The van der Waals surface area contributed by atoms with Crippen molar-refractivity contribution in [3.8, 4) is 0 Å². The van der Waals surface area contributed by atoms with Crippen LogP contribution in [-0.4, -0.2) is 30.2 Å². The Morgan fingerprint density at radius 1 is 1.48 bits per heavy atom. The zero-order chi connectivity index (χ0) is 15.4. The standard InChI is InChI=1S/C16H22N2O2S/c1-3-20-16(19)14-6-4-5-9-18(14)12-7-8-13(15(17)21)11(2)10-12/h7-8,10,14H,3-6,9H2,1-2H3,(H2,17,21). The summed E-state index contributed by atoms with van der Waals surface area (Å²) in [5, 5.41) is 0. The normalized spacial score (nSPS) is 18.4. The van der Waals surface area contributed by atoms with Crippen molar-refractivity contribution in [3.05, 3.63) is 29.3 Å². The third kappa shape index (κ3) is 3.53. The summed E-state index contributed by atoms with van der Waals surface area (Å²) in [7, 11) is 0. The van der Waals surface area contributed by atoms with Crippen LogP contribution in [0.1, 0.15) is 37.3 Å². The van der Waals surface area contributed by atoms with Crippen molar-refractivity contribution < 1.29 is 9.53 Å². The molecule has 1 heterocycles. The number of esters is 1. The average Bonchev–Trinajstić information content (AvgIpc) is 2.47. The van der Waals surface area contributed by atoms with Gasteiger partial charge in [0.2, 0.25) is 0 Å². The number of nitrogens with zero attached hydrogens (tertiary/aromatic N) is 1. The van der Waals surface area contributed by atoms with Crippen molar-refractivity contribution in [3.63, 3.8) is 0 Å². The molecular weight excluding hydrogens is 284 g/mol. The fourth-order valence-corrected chi connectivity index (χ4v) is 3.06. The van der Waals surface area contributed by atoms with E-state index in [1.807, 2.05) is 32.0 Å². The van der Waals surface area contributed by atoms with E-state index in [1.165, 1.54) is 0 Å². The first kappa shape index (κ1) is 15.8. The number of ether oxygens (including phenoxy) is 1. The van der Waals surface area contributed by atoms with Gasteiger partial charge in [0, 0.05) is 17.8 Å². The van der Waals surface area contributed by atoms with Crippen LogP contribution in [-0.2, 0) is 9.53 Å². The number of hydrogen-bond acceptors (Lipinski definition) is 4. The molecule has 0 aliphatic carbocycles. The molecule has 1 atom stereocenters. The van der Waals surface area contributed by atoms with E-state index in [2.05, 4.69) is 4.90 Å². The SMILES string of the molecule is CCOC(=O)C1CCCCN1c1ccc(C(N)=S)c(C)c1. The van der Waals surface area contributed by atoms with E-state index in [-0.39, 0.29) is 12.0 Å². The minimum absolute atomic E-state index is 0.131. The molecule has 21 heavy (non-hydrogen) atoms. The van der Waals surface area contributed by atoms with Crippen molar-refractivity contribution in [2.75, 3.05) is 18.1 Å². The molecule has 1 saturated heterocycles. The van der Waals surface area contributed by atoms with Crippen molar-refractivity contribution in [2.45, 2.75) is 39.2 Å². The highest BCUT2D eigenvalue weighted by Crippen LogP contribution is 2.27. The molecule has 4 nitrogen and oxygen atoms in total. The number of nitrogens with two attached hydrogens (primary N) is 1. The number of thiocarbonyl (C=S) groups is 1. The van der Waals surface area contributed by atoms with E-state index < -0.39 is 0 Å². The summed E-state index contributed by atoms with van der Waals surface area (Å²) < 4.78 is 5.20. The van der Waals surface area contributed by atoms with Crippen LogP contribution in [0.4, 0.5) is 5.69 Å². The van der Waals surface area contributed by atoms with Gasteiger partial charge in [-0.05, 0) is 56.9 Å². The van der Waals surface area contributed by atoms with E-state index in [0.29, 0.717) is 11.6 Å². The second kappa shape index (κ2) is 6.89.